The lowest BCUT2D eigenvalue weighted by atomic mass is 9.81. The Bertz CT molecular complexity index is 1660. The van der Waals surface area contributed by atoms with Crippen molar-refractivity contribution in [3.05, 3.63) is 95.0 Å². The zero-order valence-electron chi connectivity index (χ0n) is 33.3. The lowest BCUT2D eigenvalue weighted by molar-refractivity contribution is -0.401. The highest BCUT2D eigenvalue weighted by Crippen LogP contribution is 2.48. The molecule has 3 atom stereocenters. The van der Waals surface area contributed by atoms with Crippen LogP contribution >= 0.6 is 8.53 Å². The molecule has 0 amide bonds. The molecule has 2 aliphatic heterocycles. The standard InChI is InChI=1S/C42H60N4O4P/c1-11-46(31(2)3)51(49-28-26-43-9)50-32(4)33(30-47)29-34(48)19-16-17-27-45-38-23-15-13-21-36(38)42(7,8)40(45)25-18-24-39-41(5,6)35-20-12-14-22-37(35)44(39)10/h12-15,18,20-25,31-33,47H,11,16-17,19,26-30H2,1-8,10H3/q+1/t32-,33-,51?/m0/s1/i47D. The Labute approximate surface area is 310 Å². The molecule has 1 unspecified atom stereocenters. The van der Waals surface area contributed by atoms with Gasteiger partial charge in [0.2, 0.25) is 13.7 Å². The van der Waals surface area contributed by atoms with Crippen LogP contribution in [-0.2, 0) is 24.7 Å². The van der Waals surface area contributed by atoms with Crippen LogP contribution in [0.4, 0.5) is 11.4 Å². The first-order valence-electron chi connectivity index (χ1n) is 19.0. The average molecular weight is 717 g/mol. The molecular weight excluding hydrogens is 655 g/mol. The molecule has 2 aromatic carbocycles. The van der Waals surface area contributed by atoms with Crippen molar-refractivity contribution in [2.45, 2.75) is 104 Å². The van der Waals surface area contributed by atoms with E-state index in [4.69, 9.17) is 22.2 Å². The maximum Gasteiger partial charge on any atom is 0.259 e. The van der Waals surface area contributed by atoms with Crippen LogP contribution in [0.3, 0.4) is 0 Å². The summed E-state index contributed by atoms with van der Waals surface area (Å²) in [5, 5.41) is 4.80. The number of allylic oxidation sites excluding steroid dienone is 4. The van der Waals surface area contributed by atoms with E-state index in [-0.39, 0.29) is 54.2 Å². The first-order chi connectivity index (χ1) is 24.8. The molecule has 1 N–H and O–H groups in total. The third-order valence-electron chi connectivity index (χ3n) is 10.5. The molecule has 51 heavy (non-hydrogen) atoms. The van der Waals surface area contributed by atoms with Gasteiger partial charge in [-0.2, -0.15) is 4.58 Å². The number of hydrogen-bond acceptors (Lipinski definition) is 6. The molecule has 2 aromatic rings. The van der Waals surface area contributed by atoms with Crippen molar-refractivity contribution in [1.29, 1.82) is 1.43 Å². The van der Waals surface area contributed by atoms with Gasteiger partial charge in [0.15, 0.2) is 5.71 Å². The monoisotopic (exact) mass is 716 g/mol. The summed E-state index contributed by atoms with van der Waals surface area (Å²) < 4.78 is 24.3. The molecule has 0 saturated heterocycles. The molecule has 0 radical (unpaired) electrons. The van der Waals surface area contributed by atoms with Crippen LogP contribution in [0.25, 0.3) is 4.85 Å². The predicted octanol–water partition coefficient (Wildman–Crippen LogP) is 8.97. The highest BCUT2D eigenvalue weighted by molar-refractivity contribution is 7.44. The third-order valence-corrected chi connectivity index (χ3v) is 12.6. The van der Waals surface area contributed by atoms with Crippen molar-refractivity contribution in [3.63, 3.8) is 0 Å². The summed E-state index contributed by atoms with van der Waals surface area (Å²) in [6.07, 6.45) is 8.76. The number of aliphatic hydroxyl groups is 1. The minimum Gasteiger partial charge on any atom is -0.396 e. The van der Waals surface area contributed by atoms with Gasteiger partial charge in [0.05, 0.1) is 11.5 Å². The largest absolute Gasteiger partial charge is 0.396 e. The van der Waals surface area contributed by atoms with Gasteiger partial charge in [-0.25, -0.2) is 11.2 Å². The quantitative estimate of drug-likeness (QED) is 0.0639. The van der Waals surface area contributed by atoms with Gasteiger partial charge in [-0.15, -0.1) is 0 Å². The highest BCUT2D eigenvalue weighted by Gasteiger charge is 2.43. The van der Waals surface area contributed by atoms with Crippen LogP contribution in [0.2, 0.25) is 0 Å². The lowest BCUT2D eigenvalue weighted by Crippen LogP contribution is -2.32. The number of para-hydroxylation sites is 2. The first kappa shape index (κ1) is 39.0. The van der Waals surface area contributed by atoms with E-state index in [0.717, 1.165) is 25.9 Å². The van der Waals surface area contributed by atoms with Crippen molar-refractivity contribution in [2.75, 3.05) is 44.8 Å². The van der Waals surface area contributed by atoms with E-state index in [1.54, 1.807) is 0 Å². The number of fused-ring (bicyclic) bond motifs is 2. The number of ketones is 1. The number of hydrogen-bond donors (Lipinski definition) is 1. The molecule has 0 saturated carbocycles. The Balaban J connectivity index is 1.41. The highest BCUT2D eigenvalue weighted by atomic mass is 31.2. The van der Waals surface area contributed by atoms with Crippen LogP contribution in [0, 0.1) is 12.5 Å². The molecule has 0 spiro atoms. The lowest BCUT2D eigenvalue weighted by Gasteiger charge is -2.34. The Kier molecular flexibility index (Phi) is 13.8. The molecule has 276 valence electrons. The third kappa shape index (κ3) is 9.25. The van der Waals surface area contributed by atoms with E-state index in [2.05, 4.69) is 141 Å². The van der Waals surface area contributed by atoms with E-state index < -0.39 is 8.53 Å². The van der Waals surface area contributed by atoms with Crippen LogP contribution in [-0.4, -0.2) is 79.3 Å². The number of aliphatic hydroxyl groups excluding tert-OH is 1. The molecule has 0 bridgehead atoms. The van der Waals surface area contributed by atoms with Crippen LogP contribution in [0.1, 0.15) is 92.2 Å². The van der Waals surface area contributed by atoms with Gasteiger partial charge in [-0.3, -0.25) is 4.79 Å². The summed E-state index contributed by atoms with van der Waals surface area (Å²) in [4.78, 5) is 19.2. The fourth-order valence-electron chi connectivity index (χ4n) is 7.49. The van der Waals surface area contributed by atoms with Crippen molar-refractivity contribution in [2.24, 2.45) is 5.92 Å². The fraction of sp³-hybridized carbons (Fsp3) is 0.548. The topological polar surface area (TPSA) is 69.6 Å². The van der Waals surface area contributed by atoms with Crippen molar-refractivity contribution in [1.82, 2.24) is 4.67 Å². The number of rotatable bonds is 20. The first-order valence-corrected chi connectivity index (χ1v) is 19.7. The molecule has 0 aromatic heterocycles. The molecule has 0 fully saturated rings. The van der Waals surface area contributed by atoms with Gasteiger partial charge >= 0.3 is 0 Å². The Morgan fingerprint density at radius 3 is 2.47 bits per heavy atom. The van der Waals surface area contributed by atoms with Gasteiger partial charge in [0, 0.05) is 79.0 Å². The maximum atomic E-state index is 13.3. The molecule has 2 heterocycles. The summed E-state index contributed by atoms with van der Waals surface area (Å²) >= 11 is 0. The molecule has 8 nitrogen and oxygen atoms in total. The minimum atomic E-state index is -1.42. The normalized spacial score (nSPS) is 19.1. The van der Waals surface area contributed by atoms with E-state index in [9.17, 15) is 4.79 Å². The minimum absolute atomic E-state index is 0.0876. The summed E-state index contributed by atoms with van der Waals surface area (Å²) in [5.41, 5.74) is 7.41. The second kappa shape index (κ2) is 18.0. The van der Waals surface area contributed by atoms with E-state index in [1.807, 2.05) is 6.92 Å². The molecular formula is C42H60N4O4P+. The van der Waals surface area contributed by atoms with Gasteiger partial charge in [-0.05, 0) is 65.2 Å². The Hall–Kier alpha value is -3.18. The molecule has 0 aliphatic carbocycles. The number of Topliss-reactive ketones (excluding diaryl/α,β-unsaturated/α-hetero) is 1. The maximum absolute atomic E-state index is 13.3. The fourth-order valence-corrected chi connectivity index (χ4v) is 9.12. The van der Waals surface area contributed by atoms with E-state index in [0.29, 0.717) is 13.0 Å². The molecule has 4 rings (SSSR count). The number of unbranched alkanes of at least 4 members (excludes halogenated alkanes) is 1. The number of anilines is 1. The van der Waals surface area contributed by atoms with Gasteiger partial charge in [0.1, 0.15) is 19.4 Å². The SMILES string of the molecule is [2H]OC[C@H](CC(=O)CCCCN1/C(=C\C=C\C2=[N+](C)c3ccccc3C2(C)C)C(C)(C)c2ccccc21)[C@H](C)OP(OCC[N+]#[C-])N(CC)C(C)C. The van der Waals surface area contributed by atoms with Gasteiger partial charge < -0.3 is 23.9 Å². The summed E-state index contributed by atoms with van der Waals surface area (Å²) in [6, 6.07) is 17.5. The average Bonchev–Trinajstić information content (AvgIpc) is 3.44. The number of carbonyl (C=O) groups excluding carboxylic acids is 1. The van der Waals surface area contributed by atoms with Crippen LogP contribution in [0.15, 0.2) is 72.5 Å². The second-order valence-corrected chi connectivity index (χ2v) is 16.5. The number of nitrogens with zero attached hydrogens (tertiary/aromatic N) is 4. The second-order valence-electron chi connectivity index (χ2n) is 15.0. The van der Waals surface area contributed by atoms with Crippen molar-refractivity contribution in [3.8, 4) is 0 Å². The summed E-state index contributed by atoms with van der Waals surface area (Å²) in [6.45, 7) is 26.7. The van der Waals surface area contributed by atoms with Crippen LogP contribution < -0.4 is 4.90 Å². The number of benzene rings is 2. The summed E-state index contributed by atoms with van der Waals surface area (Å²) in [5.74, 6) is -0.124. The van der Waals surface area contributed by atoms with Gasteiger partial charge in [0.25, 0.3) is 8.53 Å². The Morgan fingerprint density at radius 2 is 1.80 bits per heavy atom. The molecule has 9 heteroatoms. The summed E-state index contributed by atoms with van der Waals surface area (Å²) in [7, 11) is 0.732. The zero-order valence-corrected chi connectivity index (χ0v) is 33.2. The molecule has 2 aliphatic rings. The van der Waals surface area contributed by atoms with Crippen molar-refractivity contribution < 1.29 is 23.5 Å². The van der Waals surface area contributed by atoms with Gasteiger partial charge in [-0.1, -0.05) is 63.2 Å². The van der Waals surface area contributed by atoms with E-state index >= 15 is 0 Å². The zero-order chi connectivity index (χ0) is 38.1. The van der Waals surface area contributed by atoms with Crippen molar-refractivity contribution >= 4 is 31.4 Å². The predicted molar refractivity (Wildman–Crippen MR) is 211 cm³/mol. The van der Waals surface area contributed by atoms with E-state index in [1.165, 1.54) is 33.9 Å². The Morgan fingerprint density at radius 1 is 1.10 bits per heavy atom. The van der Waals surface area contributed by atoms with Crippen LogP contribution in [0.5, 0.6) is 0 Å². The number of carbonyl (C=O) groups is 1. The smallest absolute Gasteiger partial charge is 0.259 e.